The Hall–Kier alpha value is -2.76. The molecule has 0 unspecified atom stereocenters. The Morgan fingerprint density at radius 2 is 1.70 bits per heavy atom. The molecule has 3 rings (SSSR count). The second kappa shape index (κ2) is 6.16. The van der Waals surface area contributed by atoms with Gasteiger partial charge in [-0.05, 0) is 17.7 Å². The van der Waals surface area contributed by atoms with E-state index < -0.39 is 17.5 Å². The Morgan fingerprint density at radius 3 is 2.35 bits per heavy atom. The van der Waals surface area contributed by atoms with Gasteiger partial charge in [-0.2, -0.15) is 0 Å². The van der Waals surface area contributed by atoms with Crippen LogP contribution in [0.15, 0.2) is 48.5 Å². The minimum Gasteiger partial charge on any atom is -0.319 e. The maximum atomic E-state index is 13.2. The molecule has 23 heavy (non-hydrogen) atoms. The number of carbonyl (C=O) groups excluding carboxylic acids is 2. The monoisotopic (exact) mass is 316 g/mol. The van der Waals surface area contributed by atoms with Crippen LogP contribution in [-0.4, -0.2) is 34.8 Å². The summed E-state index contributed by atoms with van der Waals surface area (Å²) in [6.45, 7) is 0.398. The van der Waals surface area contributed by atoms with Crippen LogP contribution in [-0.2, 0) is 11.3 Å². The van der Waals surface area contributed by atoms with Crippen molar-refractivity contribution in [3.05, 3.63) is 71.3 Å². The summed E-state index contributed by atoms with van der Waals surface area (Å²) >= 11 is 0. The van der Waals surface area contributed by atoms with Gasteiger partial charge < -0.3 is 9.80 Å². The first kappa shape index (κ1) is 15.1. The lowest BCUT2D eigenvalue weighted by atomic mass is 10.2. The molecule has 1 heterocycles. The molecule has 0 spiro atoms. The van der Waals surface area contributed by atoms with E-state index in [1.807, 2.05) is 30.3 Å². The molecule has 2 amide bonds. The minimum atomic E-state index is -0.819. The van der Waals surface area contributed by atoms with Gasteiger partial charge in [0.25, 0.3) is 5.91 Å². The SMILES string of the molecule is O=C1CN(C(=O)c2cc(F)cc(F)c2)CN1Cc1ccccc1. The summed E-state index contributed by atoms with van der Waals surface area (Å²) in [4.78, 5) is 27.2. The van der Waals surface area contributed by atoms with Crippen molar-refractivity contribution in [3.63, 3.8) is 0 Å². The predicted molar refractivity (Wildman–Crippen MR) is 79.3 cm³/mol. The Kier molecular flexibility index (Phi) is 4.06. The molecule has 2 aromatic carbocycles. The molecular formula is C17H14F2N2O2. The molecule has 118 valence electrons. The summed E-state index contributed by atoms with van der Waals surface area (Å²) in [5, 5.41) is 0. The lowest BCUT2D eigenvalue weighted by molar-refractivity contribution is -0.127. The third kappa shape index (κ3) is 3.36. The number of benzene rings is 2. The first-order valence-electron chi connectivity index (χ1n) is 7.10. The van der Waals surface area contributed by atoms with Gasteiger partial charge in [0.2, 0.25) is 5.91 Å². The molecule has 1 fully saturated rings. The van der Waals surface area contributed by atoms with Crippen molar-refractivity contribution >= 4 is 11.8 Å². The molecule has 0 N–H and O–H groups in total. The van der Waals surface area contributed by atoms with E-state index in [2.05, 4.69) is 0 Å². The zero-order valence-electron chi connectivity index (χ0n) is 12.2. The van der Waals surface area contributed by atoms with Crippen molar-refractivity contribution in [1.29, 1.82) is 0 Å². The second-order valence-corrected chi connectivity index (χ2v) is 5.38. The molecule has 6 heteroatoms. The number of nitrogens with zero attached hydrogens (tertiary/aromatic N) is 2. The summed E-state index contributed by atoms with van der Waals surface area (Å²) in [6, 6.07) is 12.0. The van der Waals surface area contributed by atoms with E-state index in [1.165, 1.54) is 9.80 Å². The van der Waals surface area contributed by atoms with Crippen LogP contribution in [0.5, 0.6) is 0 Å². The van der Waals surface area contributed by atoms with Crippen LogP contribution < -0.4 is 0 Å². The van der Waals surface area contributed by atoms with Gasteiger partial charge in [-0.3, -0.25) is 9.59 Å². The van der Waals surface area contributed by atoms with Gasteiger partial charge in [0.15, 0.2) is 0 Å². The first-order valence-corrected chi connectivity index (χ1v) is 7.10. The molecule has 1 aliphatic rings. The Morgan fingerprint density at radius 1 is 1.04 bits per heavy atom. The van der Waals surface area contributed by atoms with Crippen molar-refractivity contribution in [2.24, 2.45) is 0 Å². The fourth-order valence-electron chi connectivity index (χ4n) is 2.54. The van der Waals surface area contributed by atoms with Gasteiger partial charge >= 0.3 is 0 Å². The average Bonchev–Trinajstić information content (AvgIpc) is 2.87. The number of hydrogen-bond acceptors (Lipinski definition) is 2. The number of halogens is 2. The first-order chi connectivity index (χ1) is 11.0. The Bertz CT molecular complexity index is 729. The van der Waals surface area contributed by atoms with Gasteiger partial charge in [-0.1, -0.05) is 30.3 Å². The molecule has 0 aliphatic carbocycles. The van der Waals surface area contributed by atoms with Crippen molar-refractivity contribution in [2.45, 2.75) is 6.54 Å². The van der Waals surface area contributed by atoms with Gasteiger partial charge in [-0.15, -0.1) is 0 Å². The maximum absolute atomic E-state index is 13.2. The van der Waals surface area contributed by atoms with E-state index in [-0.39, 0.29) is 24.7 Å². The predicted octanol–water partition coefficient (Wildman–Crippen LogP) is 2.41. The van der Waals surface area contributed by atoms with Gasteiger partial charge in [0, 0.05) is 18.2 Å². The average molecular weight is 316 g/mol. The molecule has 1 saturated heterocycles. The highest BCUT2D eigenvalue weighted by Gasteiger charge is 2.31. The second-order valence-electron chi connectivity index (χ2n) is 5.38. The summed E-state index contributed by atoms with van der Waals surface area (Å²) in [5.74, 6) is -2.40. The molecule has 0 saturated carbocycles. The summed E-state index contributed by atoms with van der Waals surface area (Å²) in [7, 11) is 0. The standard InChI is InChI=1S/C17H14F2N2O2/c18-14-6-13(7-15(19)8-14)17(23)21-10-16(22)20(11-21)9-12-4-2-1-3-5-12/h1-8H,9-11H2. The van der Waals surface area contributed by atoms with Crippen LogP contribution >= 0.6 is 0 Å². The zero-order valence-corrected chi connectivity index (χ0v) is 12.2. The fourth-order valence-corrected chi connectivity index (χ4v) is 2.54. The molecule has 0 radical (unpaired) electrons. The topological polar surface area (TPSA) is 40.6 Å². The summed E-state index contributed by atoms with van der Waals surface area (Å²) in [6.07, 6.45) is 0. The number of hydrogen-bond donors (Lipinski definition) is 0. The molecule has 0 atom stereocenters. The van der Waals surface area contributed by atoms with Crippen molar-refractivity contribution < 1.29 is 18.4 Å². The van der Waals surface area contributed by atoms with E-state index in [4.69, 9.17) is 0 Å². The molecule has 0 aromatic heterocycles. The maximum Gasteiger partial charge on any atom is 0.255 e. The normalized spacial score (nSPS) is 14.4. The van der Waals surface area contributed by atoms with Crippen LogP contribution in [0.1, 0.15) is 15.9 Å². The summed E-state index contributed by atoms with van der Waals surface area (Å²) < 4.78 is 26.5. The highest BCUT2D eigenvalue weighted by Crippen LogP contribution is 2.16. The molecule has 1 aliphatic heterocycles. The molecule has 0 bridgehead atoms. The summed E-state index contributed by atoms with van der Waals surface area (Å²) in [5.41, 5.74) is 0.851. The van der Waals surface area contributed by atoms with Crippen LogP contribution in [0.4, 0.5) is 8.78 Å². The molecule has 4 nitrogen and oxygen atoms in total. The Labute approximate surface area is 131 Å². The van der Waals surface area contributed by atoms with E-state index in [0.717, 1.165) is 17.7 Å². The van der Waals surface area contributed by atoms with Gasteiger partial charge in [0.1, 0.15) is 18.2 Å². The number of carbonyl (C=O) groups is 2. The van der Waals surface area contributed by atoms with E-state index >= 15 is 0 Å². The fraction of sp³-hybridized carbons (Fsp3) is 0.176. The largest absolute Gasteiger partial charge is 0.319 e. The lowest BCUT2D eigenvalue weighted by Crippen LogP contribution is -2.31. The van der Waals surface area contributed by atoms with E-state index in [0.29, 0.717) is 12.6 Å². The van der Waals surface area contributed by atoms with E-state index in [1.54, 1.807) is 0 Å². The smallest absolute Gasteiger partial charge is 0.255 e. The zero-order chi connectivity index (χ0) is 16.4. The highest BCUT2D eigenvalue weighted by atomic mass is 19.1. The number of amides is 2. The van der Waals surface area contributed by atoms with Crippen molar-refractivity contribution in [3.8, 4) is 0 Å². The van der Waals surface area contributed by atoms with Crippen molar-refractivity contribution in [1.82, 2.24) is 9.80 Å². The highest BCUT2D eigenvalue weighted by molar-refractivity contribution is 5.98. The third-order valence-electron chi connectivity index (χ3n) is 3.63. The number of rotatable bonds is 3. The van der Waals surface area contributed by atoms with E-state index in [9.17, 15) is 18.4 Å². The molecular weight excluding hydrogens is 302 g/mol. The lowest BCUT2D eigenvalue weighted by Gasteiger charge is -2.18. The quantitative estimate of drug-likeness (QED) is 0.872. The minimum absolute atomic E-state index is 0.0935. The van der Waals surface area contributed by atoms with Crippen LogP contribution in [0.25, 0.3) is 0 Å². The molecule has 2 aromatic rings. The van der Waals surface area contributed by atoms with Gasteiger partial charge in [0.05, 0.1) is 6.67 Å². The third-order valence-corrected chi connectivity index (χ3v) is 3.63. The van der Waals surface area contributed by atoms with Crippen LogP contribution in [0, 0.1) is 11.6 Å². The van der Waals surface area contributed by atoms with Crippen LogP contribution in [0.3, 0.4) is 0 Å². The Balaban J connectivity index is 1.72. The van der Waals surface area contributed by atoms with Crippen molar-refractivity contribution in [2.75, 3.05) is 13.2 Å². The van der Waals surface area contributed by atoms with Crippen LogP contribution in [0.2, 0.25) is 0 Å². The van der Waals surface area contributed by atoms with Gasteiger partial charge in [-0.25, -0.2) is 8.78 Å².